The van der Waals surface area contributed by atoms with Gasteiger partial charge in [0, 0.05) is 23.6 Å². The molecule has 0 aliphatic carbocycles. The standard InChI is InChI=1S/C12H11NO2S.C10H15NO2S.C7H6F3NO2S.C4H11NO2S/c14-16(15,12-9-5-2-6-10-12)13-11-7-3-1-4-8-11;1-2-3-9-14(12,13)11-10-7-5-4-6-8-10;8-7(9,10)14(12,13)11-6-4-2-1-3-5-6;1-3-4-5-8(2,6)7/h1-10,13H;4-8,11H,2-3,9H2,1H3;1-5,11H;5H,3-4H2,1-2H3. The molecule has 288 valence electrons. The third kappa shape index (κ3) is 20.0. The van der Waals surface area contributed by atoms with Crippen LogP contribution in [-0.2, 0) is 40.1 Å². The zero-order chi connectivity index (χ0) is 39.3. The number of nitrogens with one attached hydrogen (secondary N) is 4. The van der Waals surface area contributed by atoms with Crippen LogP contribution in [0.4, 0.5) is 30.2 Å². The second-order valence-electron chi connectivity index (χ2n) is 10.5. The van der Waals surface area contributed by atoms with Crippen LogP contribution in [0.25, 0.3) is 0 Å². The molecule has 0 atom stereocenters. The lowest BCUT2D eigenvalue weighted by Crippen LogP contribution is -2.29. The molecule has 4 aromatic rings. The molecule has 4 aromatic carbocycles. The van der Waals surface area contributed by atoms with Crippen LogP contribution in [0.15, 0.2) is 126 Å². The van der Waals surface area contributed by atoms with Crippen molar-refractivity contribution < 1.29 is 46.8 Å². The third-order valence-electron chi connectivity index (χ3n) is 5.84. The molecule has 19 heteroatoms. The van der Waals surface area contributed by atoms with Crippen molar-refractivity contribution in [1.82, 2.24) is 4.72 Å². The fraction of sp³-hybridized carbons (Fsp3) is 0.273. The molecule has 0 spiro atoms. The lowest BCUT2D eigenvalue weighted by molar-refractivity contribution is -0.0429. The fourth-order valence-electron chi connectivity index (χ4n) is 3.40. The number of anilines is 3. The van der Waals surface area contributed by atoms with E-state index in [0.717, 1.165) is 19.1 Å². The van der Waals surface area contributed by atoms with Crippen LogP contribution < -0.4 is 18.9 Å². The molecular weight excluding hydrogens is 766 g/mol. The highest BCUT2D eigenvalue weighted by molar-refractivity contribution is 7.93. The fourth-order valence-corrected chi connectivity index (χ4v) is 6.88. The molecule has 0 saturated carbocycles. The van der Waals surface area contributed by atoms with Crippen molar-refractivity contribution in [3.8, 4) is 0 Å². The zero-order valence-corrected chi connectivity index (χ0v) is 31.9. The van der Waals surface area contributed by atoms with Gasteiger partial charge in [0.15, 0.2) is 0 Å². The number of para-hydroxylation sites is 3. The van der Waals surface area contributed by atoms with Crippen molar-refractivity contribution in [2.75, 3.05) is 32.7 Å². The first-order chi connectivity index (χ1) is 24.2. The third-order valence-corrected chi connectivity index (χ3v) is 10.5. The maximum Gasteiger partial charge on any atom is 0.516 e. The first-order valence-corrected chi connectivity index (χ1v) is 22.0. The topological polar surface area (TPSA) is 185 Å². The second kappa shape index (κ2) is 22.0. The number of hydrogen-bond donors (Lipinski definition) is 4. The number of halogens is 3. The summed E-state index contributed by atoms with van der Waals surface area (Å²) >= 11 is 0. The number of rotatable bonds is 13. The molecule has 0 heterocycles. The van der Waals surface area contributed by atoms with Gasteiger partial charge >= 0.3 is 15.5 Å². The summed E-state index contributed by atoms with van der Waals surface area (Å²) in [6, 6.07) is 32.9. The van der Waals surface area contributed by atoms with Crippen LogP contribution in [-0.4, -0.2) is 57.7 Å². The second-order valence-corrected chi connectivity index (χ2v) is 17.5. The van der Waals surface area contributed by atoms with E-state index in [1.54, 1.807) is 84.9 Å². The summed E-state index contributed by atoms with van der Waals surface area (Å²) in [6.07, 6.45) is 3.58. The predicted octanol–water partition coefficient (Wildman–Crippen LogP) is 6.61. The van der Waals surface area contributed by atoms with Gasteiger partial charge in [-0.1, -0.05) is 93.1 Å². The van der Waals surface area contributed by atoms with Crippen LogP contribution in [0.1, 0.15) is 33.1 Å². The van der Waals surface area contributed by atoms with E-state index in [1.807, 2.05) is 26.0 Å². The largest absolute Gasteiger partial charge is 0.516 e. The Bertz CT molecular complexity index is 2030. The minimum Gasteiger partial charge on any atom is -0.284 e. The Hall–Kier alpha value is -4.17. The molecule has 0 amide bonds. The Morgan fingerprint density at radius 2 is 0.923 bits per heavy atom. The van der Waals surface area contributed by atoms with Gasteiger partial charge in [-0.2, -0.15) is 21.6 Å². The molecule has 4 rings (SSSR count). The molecule has 12 nitrogen and oxygen atoms in total. The molecule has 0 saturated heterocycles. The summed E-state index contributed by atoms with van der Waals surface area (Å²) in [5.74, 6) is 0.193. The Morgan fingerprint density at radius 3 is 1.27 bits per heavy atom. The highest BCUT2D eigenvalue weighted by atomic mass is 32.2. The minimum atomic E-state index is -5.30. The number of unbranched alkanes of at least 4 members (excludes halogenated alkanes) is 1. The molecule has 0 fully saturated rings. The van der Waals surface area contributed by atoms with E-state index >= 15 is 0 Å². The maximum atomic E-state index is 11.9. The summed E-state index contributed by atoms with van der Waals surface area (Å²) < 4.78 is 133. The summed E-state index contributed by atoms with van der Waals surface area (Å²) in [5, 5.41) is 0. The number of alkyl halides is 3. The molecule has 0 aliphatic heterocycles. The van der Waals surface area contributed by atoms with Crippen molar-refractivity contribution in [2.45, 2.75) is 43.5 Å². The molecule has 0 bridgehead atoms. The lowest BCUT2D eigenvalue weighted by Gasteiger charge is -2.09. The highest BCUT2D eigenvalue weighted by Gasteiger charge is 2.45. The molecule has 0 aromatic heterocycles. The first kappa shape index (κ1) is 45.9. The Kier molecular flexibility index (Phi) is 19.4. The van der Waals surface area contributed by atoms with Gasteiger partial charge in [-0.25, -0.2) is 30.0 Å². The molecule has 52 heavy (non-hydrogen) atoms. The molecule has 4 N–H and O–H groups in total. The number of sulfonamides is 4. The van der Waals surface area contributed by atoms with E-state index in [-0.39, 0.29) is 16.3 Å². The summed E-state index contributed by atoms with van der Waals surface area (Å²) in [4.78, 5) is 0.263. The van der Waals surface area contributed by atoms with E-state index < -0.39 is 45.6 Å². The van der Waals surface area contributed by atoms with Crippen molar-refractivity contribution >= 4 is 57.2 Å². The van der Waals surface area contributed by atoms with Crippen molar-refractivity contribution in [3.05, 3.63) is 121 Å². The number of benzene rings is 4. The van der Waals surface area contributed by atoms with Crippen LogP contribution >= 0.6 is 0 Å². The van der Waals surface area contributed by atoms with E-state index in [1.165, 1.54) is 29.0 Å². The monoisotopic (exact) mass is 808 g/mol. The summed E-state index contributed by atoms with van der Waals surface area (Å²) in [7, 11) is -14.8. The van der Waals surface area contributed by atoms with Gasteiger partial charge in [0.05, 0.1) is 16.9 Å². The van der Waals surface area contributed by atoms with Crippen molar-refractivity contribution in [2.24, 2.45) is 0 Å². The predicted molar refractivity (Wildman–Crippen MR) is 201 cm³/mol. The lowest BCUT2D eigenvalue weighted by atomic mass is 10.3. The van der Waals surface area contributed by atoms with Crippen LogP contribution in [0.5, 0.6) is 0 Å². The minimum absolute atomic E-state index is 0.121. The molecule has 0 aliphatic rings. The molecule has 0 radical (unpaired) electrons. The quantitative estimate of drug-likeness (QED) is 0.116. The average Bonchev–Trinajstić information content (AvgIpc) is 3.08. The highest BCUT2D eigenvalue weighted by Crippen LogP contribution is 2.25. The average molecular weight is 809 g/mol. The van der Waals surface area contributed by atoms with Gasteiger partial charge < -0.3 is 0 Å². The van der Waals surface area contributed by atoms with Gasteiger partial charge in [-0.3, -0.25) is 14.2 Å². The molecular formula is C33H43F3N4O8S4. The SMILES string of the molecule is CCCCS(=O)(=O)Nc1ccccc1.CCCNS(C)(=O)=O.O=S(=O)(Nc1ccccc1)C(F)(F)F.O=S(=O)(Nc1ccccc1)c1ccccc1. The van der Waals surface area contributed by atoms with E-state index in [9.17, 15) is 46.8 Å². The maximum absolute atomic E-state index is 11.9. The van der Waals surface area contributed by atoms with Crippen molar-refractivity contribution in [3.63, 3.8) is 0 Å². The van der Waals surface area contributed by atoms with E-state index in [2.05, 4.69) is 14.2 Å². The van der Waals surface area contributed by atoms with Gasteiger partial charge in [-0.15, -0.1) is 0 Å². The summed E-state index contributed by atoms with van der Waals surface area (Å²) in [6.45, 7) is 4.43. The zero-order valence-electron chi connectivity index (χ0n) is 28.6. The Morgan fingerprint density at radius 1 is 0.538 bits per heavy atom. The number of hydrogen-bond acceptors (Lipinski definition) is 8. The Labute approximate surface area is 305 Å². The van der Waals surface area contributed by atoms with Gasteiger partial charge in [0.1, 0.15) is 0 Å². The van der Waals surface area contributed by atoms with Gasteiger partial charge in [-0.05, 0) is 61.4 Å². The first-order valence-electron chi connectivity index (χ1n) is 15.5. The van der Waals surface area contributed by atoms with E-state index in [0.29, 0.717) is 24.3 Å². The van der Waals surface area contributed by atoms with Crippen molar-refractivity contribution in [1.29, 1.82) is 0 Å². The van der Waals surface area contributed by atoms with Crippen LogP contribution in [0.2, 0.25) is 0 Å². The van der Waals surface area contributed by atoms with Gasteiger partial charge in [0.2, 0.25) is 20.0 Å². The Balaban J connectivity index is 0.000000356. The molecule has 0 unspecified atom stereocenters. The van der Waals surface area contributed by atoms with Crippen LogP contribution in [0, 0.1) is 0 Å². The van der Waals surface area contributed by atoms with E-state index in [4.69, 9.17) is 0 Å². The summed E-state index contributed by atoms with van der Waals surface area (Å²) in [5.41, 5.74) is -4.22. The smallest absolute Gasteiger partial charge is 0.284 e. The van der Waals surface area contributed by atoms with Crippen LogP contribution in [0.3, 0.4) is 0 Å². The normalized spacial score (nSPS) is 11.6. The van der Waals surface area contributed by atoms with Gasteiger partial charge in [0.25, 0.3) is 10.0 Å².